The molecule has 5 unspecified atom stereocenters. The molecular weight excluding hydrogens is 278 g/mol. The van der Waals surface area contributed by atoms with E-state index in [2.05, 4.69) is 52.1 Å². The highest BCUT2D eigenvalue weighted by Crippen LogP contribution is 2.36. The molecule has 1 aromatic rings. The van der Waals surface area contributed by atoms with Crippen LogP contribution in [0.25, 0.3) is 0 Å². The Morgan fingerprint density at radius 3 is 2.38 bits per heavy atom. The number of hydrogen-bond acceptors (Lipinski definition) is 3. The standard InChI is InChI=1S/C18H31NOS/c1-6-10-19-17(11-16-9-8-15(7-2)21-16)18-12(3)13(4)20-14(18)5/h8-9,12-14,17-19H,6-7,10-11H2,1-5H3. The van der Waals surface area contributed by atoms with Gasteiger partial charge in [-0.25, -0.2) is 0 Å². The van der Waals surface area contributed by atoms with Gasteiger partial charge in [0.1, 0.15) is 0 Å². The third-order valence-electron chi connectivity index (χ3n) is 4.93. The maximum absolute atomic E-state index is 6.07. The SMILES string of the molecule is CCCNC(Cc1ccc(CC)s1)C1C(C)OC(C)C1C. The highest BCUT2D eigenvalue weighted by atomic mass is 32.1. The van der Waals surface area contributed by atoms with E-state index in [0.29, 0.717) is 30.1 Å². The minimum absolute atomic E-state index is 0.356. The fourth-order valence-electron chi connectivity index (χ4n) is 3.60. The van der Waals surface area contributed by atoms with Crippen LogP contribution in [0.1, 0.15) is 50.8 Å². The summed E-state index contributed by atoms with van der Waals surface area (Å²) in [4.78, 5) is 3.01. The lowest BCUT2D eigenvalue weighted by atomic mass is 9.82. The molecule has 2 nitrogen and oxygen atoms in total. The fraction of sp³-hybridized carbons (Fsp3) is 0.778. The molecule has 1 aliphatic heterocycles. The zero-order chi connectivity index (χ0) is 15.4. The Hall–Kier alpha value is -0.380. The molecule has 1 aromatic heterocycles. The Kier molecular flexibility index (Phi) is 6.27. The third-order valence-corrected chi connectivity index (χ3v) is 6.18. The van der Waals surface area contributed by atoms with Crippen LogP contribution in [0.5, 0.6) is 0 Å². The molecular formula is C18H31NOS. The second-order valence-electron chi connectivity index (χ2n) is 6.47. The maximum atomic E-state index is 6.07. The monoisotopic (exact) mass is 309 g/mol. The van der Waals surface area contributed by atoms with Crippen LogP contribution >= 0.6 is 11.3 Å². The second kappa shape index (κ2) is 7.75. The summed E-state index contributed by atoms with van der Waals surface area (Å²) in [5.41, 5.74) is 0. The Bertz CT molecular complexity index is 431. The Balaban J connectivity index is 2.10. The van der Waals surface area contributed by atoms with E-state index in [1.54, 1.807) is 0 Å². The van der Waals surface area contributed by atoms with Crippen LogP contribution in [0.3, 0.4) is 0 Å². The molecule has 0 amide bonds. The van der Waals surface area contributed by atoms with Crippen LogP contribution in [0, 0.1) is 11.8 Å². The minimum atomic E-state index is 0.356. The smallest absolute Gasteiger partial charge is 0.0597 e. The lowest BCUT2D eigenvalue weighted by Gasteiger charge is -2.29. The van der Waals surface area contributed by atoms with Gasteiger partial charge in [0.05, 0.1) is 12.2 Å². The first kappa shape index (κ1) is 17.0. The molecule has 0 aliphatic carbocycles. The highest BCUT2D eigenvalue weighted by Gasteiger charge is 2.41. The van der Waals surface area contributed by atoms with E-state index < -0.39 is 0 Å². The molecule has 1 aliphatic rings. The van der Waals surface area contributed by atoms with Gasteiger partial charge in [0.15, 0.2) is 0 Å². The summed E-state index contributed by atoms with van der Waals surface area (Å²) < 4.78 is 6.07. The summed E-state index contributed by atoms with van der Waals surface area (Å²) in [6.45, 7) is 12.4. The molecule has 21 heavy (non-hydrogen) atoms. The van der Waals surface area contributed by atoms with Gasteiger partial charge < -0.3 is 10.1 Å². The van der Waals surface area contributed by atoms with Crippen LogP contribution in [0.15, 0.2) is 12.1 Å². The first-order chi connectivity index (χ1) is 10.1. The third kappa shape index (κ3) is 4.08. The summed E-state index contributed by atoms with van der Waals surface area (Å²) in [6, 6.07) is 5.14. The number of nitrogens with one attached hydrogen (secondary N) is 1. The summed E-state index contributed by atoms with van der Waals surface area (Å²) in [7, 11) is 0. The van der Waals surface area contributed by atoms with Crippen molar-refractivity contribution in [2.45, 2.75) is 72.1 Å². The van der Waals surface area contributed by atoms with Gasteiger partial charge in [0.25, 0.3) is 0 Å². The van der Waals surface area contributed by atoms with E-state index in [0.717, 1.165) is 19.4 Å². The van der Waals surface area contributed by atoms with Gasteiger partial charge in [0, 0.05) is 21.7 Å². The van der Waals surface area contributed by atoms with Crippen molar-refractivity contribution < 1.29 is 4.74 Å². The summed E-state index contributed by atoms with van der Waals surface area (Å²) in [6.07, 6.45) is 4.21. The largest absolute Gasteiger partial charge is 0.375 e. The number of rotatable bonds is 7. The van der Waals surface area contributed by atoms with E-state index in [1.165, 1.54) is 16.2 Å². The van der Waals surface area contributed by atoms with Gasteiger partial charge >= 0.3 is 0 Å². The number of aryl methyl sites for hydroxylation is 1. The zero-order valence-electron chi connectivity index (χ0n) is 14.2. The van der Waals surface area contributed by atoms with Crippen molar-refractivity contribution in [3.63, 3.8) is 0 Å². The van der Waals surface area contributed by atoms with Gasteiger partial charge in [-0.3, -0.25) is 0 Å². The van der Waals surface area contributed by atoms with Crippen LogP contribution in [0.4, 0.5) is 0 Å². The lowest BCUT2D eigenvalue weighted by Crippen LogP contribution is -2.43. The van der Waals surface area contributed by atoms with E-state index in [-0.39, 0.29) is 0 Å². The van der Waals surface area contributed by atoms with Crippen LogP contribution in [0.2, 0.25) is 0 Å². The van der Waals surface area contributed by atoms with Gasteiger partial charge in [0.2, 0.25) is 0 Å². The van der Waals surface area contributed by atoms with Crippen molar-refractivity contribution in [3.05, 3.63) is 21.9 Å². The van der Waals surface area contributed by atoms with E-state index in [9.17, 15) is 0 Å². The molecule has 2 rings (SSSR count). The zero-order valence-corrected chi connectivity index (χ0v) is 15.0. The van der Waals surface area contributed by atoms with Crippen molar-refractivity contribution in [1.82, 2.24) is 5.32 Å². The quantitative estimate of drug-likeness (QED) is 0.811. The molecule has 1 N–H and O–H groups in total. The van der Waals surface area contributed by atoms with E-state index >= 15 is 0 Å². The normalized spacial score (nSPS) is 30.7. The van der Waals surface area contributed by atoms with Crippen molar-refractivity contribution in [1.29, 1.82) is 0 Å². The molecule has 0 spiro atoms. The Labute approximate surface area is 134 Å². The highest BCUT2D eigenvalue weighted by molar-refractivity contribution is 7.11. The summed E-state index contributed by atoms with van der Waals surface area (Å²) >= 11 is 1.98. The van der Waals surface area contributed by atoms with Crippen molar-refractivity contribution >= 4 is 11.3 Å². The van der Waals surface area contributed by atoms with Crippen LogP contribution < -0.4 is 5.32 Å². The molecule has 120 valence electrons. The number of ether oxygens (including phenoxy) is 1. The van der Waals surface area contributed by atoms with Crippen LogP contribution in [-0.4, -0.2) is 24.8 Å². The molecule has 0 bridgehead atoms. The topological polar surface area (TPSA) is 21.3 Å². The van der Waals surface area contributed by atoms with Gasteiger partial charge in [-0.15, -0.1) is 11.3 Å². The molecule has 1 fully saturated rings. The van der Waals surface area contributed by atoms with Crippen molar-refractivity contribution in [2.24, 2.45) is 11.8 Å². The Morgan fingerprint density at radius 1 is 1.14 bits per heavy atom. The summed E-state index contributed by atoms with van der Waals surface area (Å²) in [5, 5.41) is 3.80. The van der Waals surface area contributed by atoms with E-state index in [4.69, 9.17) is 4.74 Å². The molecule has 0 saturated carbocycles. The number of thiophene rings is 1. The van der Waals surface area contributed by atoms with E-state index in [1.807, 2.05) is 11.3 Å². The number of hydrogen-bond donors (Lipinski definition) is 1. The minimum Gasteiger partial charge on any atom is -0.375 e. The summed E-state index contributed by atoms with van der Waals surface area (Å²) in [5.74, 6) is 1.23. The average molecular weight is 310 g/mol. The molecule has 0 aromatic carbocycles. The predicted molar refractivity (Wildman–Crippen MR) is 92.1 cm³/mol. The lowest BCUT2D eigenvalue weighted by molar-refractivity contribution is 0.0476. The predicted octanol–water partition coefficient (Wildman–Crippen LogP) is 4.28. The molecule has 0 radical (unpaired) electrons. The molecule has 5 atom stereocenters. The first-order valence-electron chi connectivity index (χ1n) is 8.53. The fourth-order valence-corrected chi connectivity index (χ4v) is 4.62. The molecule has 3 heteroatoms. The van der Waals surface area contributed by atoms with Crippen molar-refractivity contribution in [3.8, 4) is 0 Å². The van der Waals surface area contributed by atoms with Gasteiger partial charge in [-0.2, -0.15) is 0 Å². The second-order valence-corrected chi connectivity index (χ2v) is 7.72. The van der Waals surface area contributed by atoms with Gasteiger partial charge in [-0.1, -0.05) is 20.8 Å². The maximum Gasteiger partial charge on any atom is 0.0597 e. The average Bonchev–Trinajstić information content (AvgIpc) is 3.01. The van der Waals surface area contributed by atoms with Crippen molar-refractivity contribution in [2.75, 3.05) is 6.54 Å². The van der Waals surface area contributed by atoms with Crippen LogP contribution in [-0.2, 0) is 17.6 Å². The van der Waals surface area contributed by atoms with Gasteiger partial charge in [-0.05, 0) is 57.7 Å². The first-order valence-corrected chi connectivity index (χ1v) is 9.34. The molecule has 2 heterocycles. The Morgan fingerprint density at radius 2 is 1.86 bits per heavy atom. The molecule has 1 saturated heterocycles.